The predicted molar refractivity (Wildman–Crippen MR) is 87.9 cm³/mol. The lowest BCUT2D eigenvalue weighted by Gasteiger charge is -2.31. The number of carbonyl (C=O) groups is 1. The number of carbonyl (C=O) groups excluding carboxylic acids is 1. The van der Waals surface area contributed by atoms with E-state index in [-0.39, 0.29) is 18.0 Å². The van der Waals surface area contributed by atoms with Crippen molar-refractivity contribution in [3.63, 3.8) is 0 Å². The second kappa shape index (κ2) is 7.02. The number of hydrogen-bond acceptors (Lipinski definition) is 3. The molecular formula is C18H25N3O2. The van der Waals surface area contributed by atoms with Crippen LogP contribution in [-0.2, 0) is 11.2 Å². The number of furan rings is 1. The molecule has 0 radical (unpaired) electrons. The summed E-state index contributed by atoms with van der Waals surface area (Å²) in [6.07, 6.45) is 10.5. The highest BCUT2D eigenvalue weighted by molar-refractivity contribution is 5.80. The molecule has 2 aromatic heterocycles. The maximum absolute atomic E-state index is 13.0. The molecule has 2 aromatic rings. The third kappa shape index (κ3) is 3.33. The molecule has 1 saturated heterocycles. The summed E-state index contributed by atoms with van der Waals surface area (Å²) in [5, 5.41) is 0. The number of likely N-dealkylation sites (tertiary alicyclic amines) is 1. The summed E-state index contributed by atoms with van der Waals surface area (Å²) in [4.78, 5) is 19.1. The van der Waals surface area contributed by atoms with E-state index in [0.29, 0.717) is 0 Å². The van der Waals surface area contributed by atoms with Gasteiger partial charge in [-0.25, -0.2) is 4.98 Å². The van der Waals surface area contributed by atoms with E-state index in [0.717, 1.165) is 43.7 Å². The number of aromatic nitrogens is 2. The maximum atomic E-state index is 13.0. The highest BCUT2D eigenvalue weighted by Gasteiger charge is 2.31. The molecule has 3 rings (SSSR count). The molecule has 23 heavy (non-hydrogen) atoms. The summed E-state index contributed by atoms with van der Waals surface area (Å²) in [6.45, 7) is 4.82. The molecule has 1 fully saturated rings. The molecular weight excluding hydrogens is 290 g/mol. The zero-order chi connectivity index (χ0) is 16.2. The molecule has 124 valence electrons. The lowest BCUT2D eigenvalue weighted by Crippen LogP contribution is -2.38. The predicted octanol–water partition coefficient (Wildman–Crippen LogP) is 3.74. The van der Waals surface area contributed by atoms with E-state index in [1.165, 1.54) is 6.42 Å². The molecule has 0 aromatic carbocycles. The lowest BCUT2D eigenvalue weighted by atomic mass is 10.1. The summed E-state index contributed by atoms with van der Waals surface area (Å²) < 4.78 is 7.83. The molecule has 1 amide bonds. The van der Waals surface area contributed by atoms with Crippen molar-refractivity contribution in [1.82, 2.24) is 14.5 Å². The molecule has 0 N–H and O–H groups in total. The molecule has 2 atom stereocenters. The van der Waals surface area contributed by atoms with Crippen molar-refractivity contribution in [2.75, 3.05) is 6.54 Å². The SMILES string of the molecule is CCc1ccc(C2CCCCCN2C(=O)C(C)n2ccnc2)o1. The first-order chi connectivity index (χ1) is 11.2. The van der Waals surface area contributed by atoms with Gasteiger partial charge in [0.15, 0.2) is 0 Å². The van der Waals surface area contributed by atoms with E-state index < -0.39 is 0 Å². The normalized spacial score (nSPS) is 20.3. The van der Waals surface area contributed by atoms with Crippen molar-refractivity contribution in [1.29, 1.82) is 0 Å². The topological polar surface area (TPSA) is 51.3 Å². The molecule has 0 bridgehead atoms. The number of aryl methyl sites for hydroxylation is 1. The Hall–Kier alpha value is -2.04. The number of nitrogens with zero attached hydrogens (tertiary/aromatic N) is 3. The number of amides is 1. The molecule has 1 aliphatic heterocycles. The largest absolute Gasteiger partial charge is 0.464 e. The molecule has 2 unspecified atom stereocenters. The first-order valence-corrected chi connectivity index (χ1v) is 8.57. The van der Waals surface area contributed by atoms with Gasteiger partial charge >= 0.3 is 0 Å². The average Bonchev–Trinajstić information content (AvgIpc) is 3.21. The maximum Gasteiger partial charge on any atom is 0.246 e. The molecule has 1 aliphatic rings. The van der Waals surface area contributed by atoms with Gasteiger partial charge in [-0.15, -0.1) is 0 Å². The van der Waals surface area contributed by atoms with Crippen LogP contribution in [0.15, 0.2) is 35.3 Å². The van der Waals surface area contributed by atoms with Crippen molar-refractivity contribution >= 4 is 5.91 Å². The Balaban J connectivity index is 1.84. The number of imidazole rings is 1. The van der Waals surface area contributed by atoms with Crippen LogP contribution in [0.5, 0.6) is 0 Å². The van der Waals surface area contributed by atoms with E-state index in [1.807, 2.05) is 34.7 Å². The second-order valence-electron chi connectivity index (χ2n) is 6.24. The van der Waals surface area contributed by atoms with Crippen LogP contribution in [0.1, 0.15) is 63.1 Å². The summed E-state index contributed by atoms with van der Waals surface area (Å²) >= 11 is 0. The third-order valence-corrected chi connectivity index (χ3v) is 4.72. The Morgan fingerprint density at radius 3 is 2.96 bits per heavy atom. The van der Waals surface area contributed by atoms with Gasteiger partial charge < -0.3 is 13.9 Å². The minimum absolute atomic E-state index is 0.0521. The quantitative estimate of drug-likeness (QED) is 0.863. The van der Waals surface area contributed by atoms with Gasteiger partial charge in [0.25, 0.3) is 0 Å². The van der Waals surface area contributed by atoms with Crippen LogP contribution in [-0.4, -0.2) is 26.9 Å². The van der Waals surface area contributed by atoms with Gasteiger partial charge in [0.2, 0.25) is 5.91 Å². The van der Waals surface area contributed by atoms with Crippen LogP contribution in [0.2, 0.25) is 0 Å². The average molecular weight is 315 g/mol. The van der Waals surface area contributed by atoms with E-state index in [2.05, 4.69) is 11.9 Å². The Morgan fingerprint density at radius 2 is 2.26 bits per heavy atom. The first kappa shape index (κ1) is 15.8. The van der Waals surface area contributed by atoms with Gasteiger partial charge in [0.1, 0.15) is 17.6 Å². The molecule has 0 aliphatic carbocycles. The molecule has 5 heteroatoms. The van der Waals surface area contributed by atoms with Gasteiger partial charge in [-0.1, -0.05) is 19.8 Å². The van der Waals surface area contributed by atoms with Gasteiger partial charge in [0, 0.05) is 25.4 Å². The van der Waals surface area contributed by atoms with Crippen LogP contribution >= 0.6 is 0 Å². The van der Waals surface area contributed by atoms with Crippen LogP contribution in [0.3, 0.4) is 0 Å². The Morgan fingerprint density at radius 1 is 1.39 bits per heavy atom. The zero-order valence-corrected chi connectivity index (χ0v) is 13.9. The smallest absolute Gasteiger partial charge is 0.246 e. The lowest BCUT2D eigenvalue weighted by molar-refractivity contribution is -0.137. The summed E-state index contributed by atoms with van der Waals surface area (Å²) in [5.74, 6) is 2.05. The minimum atomic E-state index is -0.237. The summed E-state index contributed by atoms with van der Waals surface area (Å²) in [6, 6.07) is 3.88. The second-order valence-corrected chi connectivity index (χ2v) is 6.24. The fourth-order valence-electron chi connectivity index (χ4n) is 3.30. The van der Waals surface area contributed by atoms with Crippen molar-refractivity contribution < 1.29 is 9.21 Å². The van der Waals surface area contributed by atoms with E-state index in [1.54, 1.807) is 12.5 Å². The Labute approximate surface area is 137 Å². The van der Waals surface area contributed by atoms with E-state index >= 15 is 0 Å². The molecule has 5 nitrogen and oxygen atoms in total. The highest BCUT2D eigenvalue weighted by atomic mass is 16.3. The van der Waals surface area contributed by atoms with Crippen LogP contribution in [0.4, 0.5) is 0 Å². The number of rotatable bonds is 4. The summed E-state index contributed by atoms with van der Waals surface area (Å²) in [7, 11) is 0. The third-order valence-electron chi connectivity index (χ3n) is 4.72. The fourth-order valence-corrected chi connectivity index (χ4v) is 3.30. The van der Waals surface area contributed by atoms with Crippen LogP contribution in [0, 0.1) is 0 Å². The van der Waals surface area contributed by atoms with Gasteiger partial charge in [0.05, 0.1) is 12.4 Å². The highest BCUT2D eigenvalue weighted by Crippen LogP contribution is 2.33. The zero-order valence-electron chi connectivity index (χ0n) is 13.9. The molecule has 3 heterocycles. The van der Waals surface area contributed by atoms with Gasteiger partial charge in [-0.2, -0.15) is 0 Å². The van der Waals surface area contributed by atoms with Crippen molar-refractivity contribution in [3.8, 4) is 0 Å². The Kier molecular flexibility index (Phi) is 4.84. The summed E-state index contributed by atoms with van der Waals surface area (Å²) in [5.41, 5.74) is 0. The van der Waals surface area contributed by atoms with Crippen LogP contribution in [0.25, 0.3) is 0 Å². The van der Waals surface area contributed by atoms with E-state index in [9.17, 15) is 4.79 Å². The fraction of sp³-hybridized carbons (Fsp3) is 0.556. The van der Waals surface area contributed by atoms with E-state index in [4.69, 9.17) is 4.42 Å². The van der Waals surface area contributed by atoms with Crippen molar-refractivity contribution in [2.45, 2.75) is 58.0 Å². The standard InChI is InChI=1S/C18H25N3O2/c1-3-15-8-9-17(23-15)16-7-5-4-6-11-21(16)18(22)14(2)20-12-10-19-13-20/h8-10,12-14,16H,3-7,11H2,1-2H3. The monoisotopic (exact) mass is 315 g/mol. The Bertz CT molecular complexity index is 632. The molecule has 0 saturated carbocycles. The van der Waals surface area contributed by atoms with Crippen molar-refractivity contribution in [3.05, 3.63) is 42.4 Å². The first-order valence-electron chi connectivity index (χ1n) is 8.57. The minimum Gasteiger partial charge on any atom is -0.464 e. The molecule has 0 spiro atoms. The van der Waals surface area contributed by atoms with Crippen LogP contribution < -0.4 is 0 Å². The number of hydrogen-bond donors (Lipinski definition) is 0. The van der Waals surface area contributed by atoms with Gasteiger partial charge in [-0.05, 0) is 31.9 Å². The van der Waals surface area contributed by atoms with Crippen molar-refractivity contribution in [2.24, 2.45) is 0 Å². The van der Waals surface area contributed by atoms with Gasteiger partial charge in [-0.3, -0.25) is 4.79 Å².